The summed E-state index contributed by atoms with van der Waals surface area (Å²) < 4.78 is 0. The van der Waals surface area contributed by atoms with Crippen LogP contribution in [0, 0.1) is 0 Å². The van der Waals surface area contributed by atoms with Crippen molar-refractivity contribution in [3.05, 3.63) is 95.0 Å². The molecule has 6 heteroatoms. The Bertz CT molecular complexity index is 1050. The Labute approximate surface area is 189 Å². The van der Waals surface area contributed by atoms with Crippen molar-refractivity contribution >= 4 is 17.6 Å². The van der Waals surface area contributed by atoms with Crippen LogP contribution in [-0.4, -0.2) is 35.4 Å². The SMILES string of the molecule is C/C=C\C1=C(/C=C\CC)N(C(=O)Nc2ccc(Cc3ccnc(C(=O)NC)c3)cc2)CC1. The van der Waals surface area contributed by atoms with Crippen molar-refractivity contribution in [1.29, 1.82) is 0 Å². The third kappa shape index (κ3) is 5.72. The molecule has 1 aromatic carbocycles. The molecule has 0 fully saturated rings. The summed E-state index contributed by atoms with van der Waals surface area (Å²) in [6.07, 6.45) is 12.3. The Morgan fingerprint density at radius 1 is 1.12 bits per heavy atom. The van der Waals surface area contributed by atoms with E-state index in [1.807, 2.05) is 49.4 Å². The van der Waals surface area contributed by atoms with Crippen LogP contribution in [0.15, 0.2) is 78.2 Å². The van der Waals surface area contributed by atoms with Gasteiger partial charge in [-0.15, -0.1) is 0 Å². The third-order valence-corrected chi connectivity index (χ3v) is 5.25. The van der Waals surface area contributed by atoms with Gasteiger partial charge < -0.3 is 10.6 Å². The number of anilines is 1. The molecule has 166 valence electrons. The van der Waals surface area contributed by atoms with Gasteiger partial charge in [-0.3, -0.25) is 14.7 Å². The van der Waals surface area contributed by atoms with Gasteiger partial charge in [0.05, 0.1) is 0 Å². The molecule has 32 heavy (non-hydrogen) atoms. The molecule has 1 aromatic heterocycles. The maximum Gasteiger partial charge on any atom is 0.326 e. The van der Waals surface area contributed by atoms with Gasteiger partial charge in [-0.25, -0.2) is 4.79 Å². The molecule has 0 aliphatic carbocycles. The lowest BCUT2D eigenvalue weighted by Crippen LogP contribution is -2.31. The van der Waals surface area contributed by atoms with Crippen LogP contribution in [0.2, 0.25) is 0 Å². The van der Waals surface area contributed by atoms with Crippen molar-refractivity contribution in [3.8, 4) is 0 Å². The highest BCUT2D eigenvalue weighted by Gasteiger charge is 2.24. The Hall–Kier alpha value is -3.67. The number of allylic oxidation sites excluding steroid dienone is 4. The molecule has 6 nitrogen and oxygen atoms in total. The van der Waals surface area contributed by atoms with Crippen molar-refractivity contribution in [2.45, 2.75) is 33.1 Å². The number of urea groups is 1. The smallest absolute Gasteiger partial charge is 0.326 e. The van der Waals surface area contributed by atoms with E-state index >= 15 is 0 Å². The highest BCUT2D eigenvalue weighted by atomic mass is 16.2. The lowest BCUT2D eigenvalue weighted by atomic mass is 10.0. The standard InChI is InChI=1S/C26H30N4O2/c1-4-6-8-24-21(7-5-2)14-16-30(24)26(32)29-22-11-9-19(10-12-22)17-20-13-15-28-23(18-20)25(31)27-3/h5-13,15,18H,4,14,16-17H2,1-3H3,(H,27,31)(H,29,32)/b7-5-,8-6-. The minimum atomic E-state index is -0.202. The van der Waals surface area contributed by atoms with Gasteiger partial charge in [0.2, 0.25) is 0 Å². The Morgan fingerprint density at radius 2 is 1.91 bits per heavy atom. The van der Waals surface area contributed by atoms with Gasteiger partial charge in [0.25, 0.3) is 5.91 Å². The first-order valence-corrected chi connectivity index (χ1v) is 10.9. The number of rotatable bonds is 7. The highest BCUT2D eigenvalue weighted by molar-refractivity contribution is 5.92. The van der Waals surface area contributed by atoms with E-state index < -0.39 is 0 Å². The van der Waals surface area contributed by atoms with Crippen molar-refractivity contribution in [2.75, 3.05) is 18.9 Å². The average molecular weight is 431 g/mol. The number of hydrogen-bond donors (Lipinski definition) is 2. The molecule has 0 unspecified atom stereocenters. The molecule has 0 spiro atoms. The summed E-state index contributed by atoms with van der Waals surface area (Å²) in [5, 5.41) is 5.60. The fraction of sp³-hybridized carbons (Fsp3) is 0.269. The van der Waals surface area contributed by atoms with Crippen LogP contribution in [-0.2, 0) is 6.42 Å². The minimum absolute atomic E-state index is 0.127. The van der Waals surface area contributed by atoms with Gasteiger partial charge in [0, 0.05) is 31.2 Å². The van der Waals surface area contributed by atoms with Crippen LogP contribution in [0.5, 0.6) is 0 Å². The highest BCUT2D eigenvalue weighted by Crippen LogP contribution is 2.26. The number of nitrogens with one attached hydrogen (secondary N) is 2. The van der Waals surface area contributed by atoms with Crippen molar-refractivity contribution in [1.82, 2.24) is 15.2 Å². The van der Waals surface area contributed by atoms with E-state index in [0.717, 1.165) is 35.4 Å². The molecule has 2 aromatic rings. The first-order valence-electron chi connectivity index (χ1n) is 10.9. The number of nitrogens with zero attached hydrogens (tertiary/aromatic N) is 2. The fourth-order valence-electron chi connectivity index (χ4n) is 3.63. The topological polar surface area (TPSA) is 74.3 Å². The van der Waals surface area contributed by atoms with Crippen molar-refractivity contribution in [3.63, 3.8) is 0 Å². The summed E-state index contributed by atoms with van der Waals surface area (Å²) in [5.74, 6) is -0.202. The predicted octanol–water partition coefficient (Wildman–Crippen LogP) is 5.07. The van der Waals surface area contributed by atoms with E-state index in [1.54, 1.807) is 24.2 Å². The van der Waals surface area contributed by atoms with E-state index in [4.69, 9.17) is 0 Å². The first-order chi connectivity index (χ1) is 15.5. The maximum atomic E-state index is 12.9. The first kappa shape index (κ1) is 23.0. The van der Waals surface area contributed by atoms with E-state index in [1.165, 1.54) is 5.57 Å². The fourth-order valence-corrected chi connectivity index (χ4v) is 3.63. The van der Waals surface area contributed by atoms with Crippen LogP contribution in [0.25, 0.3) is 0 Å². The van der Waals surface area contributed by atoms with Crippen LogP contribution in [0.4, 0.5) is 10.5 Å². The molecule has 0 saturated heterocycles. The molecule has 2 heterocycles. The molecule has 2 N–H and O–H groups in total. The van der Waals surface area contributed by atoms with Gasteiger partial charge >= 0.3 is 6.03 Å². The Kier molecular flexibility index (Phi) is 7.97. The van der Waals surface area contributed by atoms with Crippen LogP contribution >= 0.6 is 0 Å². The van der Waals surface area contributed by atoms with Gasteiger partial charge in [-0.05, 0) is 73.2 Å². The summed E-state index contributed by atoms with van der Waals surface area (Å²) >= 11 is 0. The molecule has 0 atom stereocenters. The van der Waals surface area contributed by atoms with E-state index in [2.05, 4.69) is 34.7 Å². The van der Waals surface area contributed by atoms with Crippen LogP contribution in [0.1, 0.15) is 48.3 Å². The second-order valence-corrected chi connectivity index (χ2v) is 7.56. The second kappa shape index (κ2) is 11.1. The summed E-state index contributed by atoms with van der Waals surface area (Å²) in [6, 6.07) is 11.3. The van der Waals surface area contributed by atoms with Crippen LogP contribution in [0.3, 0.4) is 0 Å². The third-order valence-electron chi connectivity index (χ3n) is 5.25. The molecule has 1 aliphatic rings. The molecule has 0 radical (unpaired) electrons. The number of pyridine rings is 1. The lowest BCUT2D eigenvalue weighted by molar-refractivity contribution is 0.0958. The van der Waals surface area contributed by atoms with Gasteiger partial charge in [0.15, 0.2) is 0 Å². The number of amides is 3. The summed E-state index contributed by atoms with van der Waals surface area (Å²) in [5.41, 5.74) is 5.37. The Balaban J connectivity index is 1.67. The van der Waals surface area contributed by atoms with E-state index in [0.29, 0.717) is 18.7 Å². The minimum Gasteiger partial charge on any atom is -0.354 e. The number of carbonyl (C=O) groups excluding carboxylic acids is 2. The second-order valence-electron chi connectivity index (χ2n) is 7.56. The lowest BCUT2D eigenvalue weighted by Gasteiger charge is -2.19. The number of aromatic nitrogens is 1. The molecule has 3 rings (SSSR count). The van der Waals surface area contributed by atoms with Crippen molar-refractivity contribution in [2.24, 2.45) is 0 Å². The number of hydrogen-bond acceptors (Lipinski definition) is 3. The average Bonchev–Trinajstić information content (AvgIpc) is 3.21. The zero-order chi connectivity index (χ0) is 22.9. The molecule has 1 aliphatic heterocycles. The summed E-state index contributed by atoms with van der Waals surface area (Å²) in [7, 11) is 1.59. The number of carbonyl (C=O) groups is 2. The zero-order valence-electron chi connectivity index (χ0n) is 18.9. The largest absolute Gasteiger partial charge is 0.354 e. The van der Waals surface area contributed by atoms with E-state index in [-0.39, 0.29) is 11.9 Å². The number of benzene rings is 1. The molecule has 0 saturated carbocycles. The van der Waals surface area contributed by atoms with E-state index in [9.17, 15) is 9.59 Å². The van der Waals surface area contributed by atoms with Gasteiger partial charge in [-0.1, -0.05) is 37.3 Å². The quantitative estimate of drug-likeness (QED) is 0.644. The normalized spacial score (nSPS) is 13.9. The van der Waals surface area contributed by atoms with Gasteiger partial charge in [-0.2, -0.15) is 0 Å². The molecule has 0 bridgehead atoms. The summed E-state index contributed by atoms with van der Waals surface area (Å²) in [4.78, 5) is 30.6. The van der Waals surface area contributed by atoms with Gasteiger partial charge in [0.1, 0.15) is 5.69 Å². The van der Waals surface area contributed by atoms with Crippen LogP contribution < -0.4 is 10.6 Å². The predicted molar refractivity (Wildman–Crippen MR) is 128 cm³/mol. The monoisotopic (exact) mass is 430 g/mol. The Morgan fingerprint density at radius 3 is 2.59 bits per heavy atom. The molecule has 3 amide bonds. The van der Waals surface area contributed by atoms with Crippen molar-refractivity contribution < 1.29 is 9.59 Å². The molecular formula is C26H30N4O2. The molecular weight excluding hydrogens is 400 g/mol. The zero-order valence-corrected chi connectivity index (χ0v) is 18.9. The maximum absolute atomic E-state index is 12.9. The summed E-state index contributed by atoms with van der Waals surface area (Å²) in [6.45, 7) is 4.74.